The highest BCUT2D eigenvalue weighted by Crippen LogP contribution is 2.40. The van der Waals surface area contributed by atoms with Gasteiger partial charge < -0.3 is 4.74 Å². The van der Waals surface area contributed by atoms with Crippen LogP contribution in [-0.4, -0.2) is 33.9 Å². The highest BCUT2D eigenvalue weighted by Gasteiger charge is 2.33. The second-order valence-electron chi connectivity index (χ2n) is 4.35. The maximum Gasteiger partial charge on any atom is 0.339 e. The molecule has 0 bridgehead atoms. The maximum atomic E-state index is 12.2. The average Bonchev–Trinajstić information content (AvgIpc) is 2.44. The molecule has 1 aromatic rings. The second kappa shape index (κ2) is 6.45. The van der Waals surface area contributed by atoms with E-state index in [0.29, 0.717) is 5.70 Å². The number of hydrogen-bond donors (Lipinski definition) is 1. The summed E-state index contributed by atoms with van der Waals surface area (Å²) >= 11 is 12.3. The van der Waals surface area contributed by atoms with Crippen LogP contribution in [0.3, 0.4) is 0 Å². The maximum absolute atomic E-state index is 12.2. The summed E-state index contributed by atoms with van der Waals surface area (Å²) in [5, 5.41) is -0.150. The van der Waals surface area contributed by atoms with Gasteiger partial charge in [0.25, 0.3) is 0 Å². The van der Waals surface area contributed by atoms with Crippen LogP contribution in [0.2, 0.25) is 10.0 Å². The molecule has 0 spiro atoms. The molecule has 0 atom stereocenters. The Labute approximate surface area is 137 Å². The quantitative estimate of drug-likeness (QED) is 0.651. The number of hydroxylamine groups is 1. The zero-order valence-corrected chi connectivity index (χ0v) is 14.1. The molecule has 1 aliphatic heterocycles. The molecule has 0 amide bonds. The standard InChI is InChI=1S/C13H13Cl2NO5S/c1-3-21-13(17)7-6-8(14)12-10(11(7)15)9(16-20-2)4-5-22(12,18)19/h4,6,16H,3,5H2,1-2H3. The number of carbonyl (C=O) groups excluding carboxylic acids is 1. The van der Waals surface area contributed by atoms with Crippen LogP contribution < -0.4 is 5.48 Å². The number of hydrogen-bond acceptors (Lipinski definition) is 6. The number of ether oxygens (including phenoxy) is 1. The number of fused-ring (bicyclic) bond motifs is 1. The highest BCUT2D eigenvalue weighted by molar-refractivity contribution is 7.91. The van der Waals surface area contributed by atoms with E-state index in [-0.39, 0.29) is 38.4 Å². The van der Waals surface area contributed by atoms with Crippen LogP contribution >= 0.6 is 23.2 Å². The molecule has 1 heterocycles. The van der Waals surface area contributed by atoms with Gasteiger partial charge in [-0.05, 0) is 19.1 Å². The number of rotatable bonds is 4. The van der Waals surface area contributed by atoms with Crippen molar-refractivity contribution >= 4 is 44.7 Å². The third-order valence-corrected chi connectivity index (χ3v) is 5.42. The summed E-state index contributed by atoms with van der Waals surface area (Å²) in [6, 6.07) is 1.20. The molecular formula is C13H13Cl2NO5S. The summed E-state index contributed by atoms with van der Waals surface area (Å²) in [5.41, 5.74) is 2.97. The smallest absolute Gasteiger partial charge is 0.339 e. The molecule has 120 valence electrons. The summed E-state index contributed by atoms with van der Waals surface area (Å²) in [6.45, 7) is 1.80. The van der Waals surface area contributed by atoms with Crippen LogP contribution in [-0.2, 0) is 19.4 Å². The molecule has 0 fully saturated rings. The van der Waals surface area contributed by atoms with E-state index in [4.69, 9.17) is 32.8 Å². The predicted molar refractivity (Wildman–Crippen MR) is 82.6 cm³/mol. The molecule has 0 radical (unpaired) electrons. The van der Waals surface area contributed by atoms with Crippen LogP contribution in [0.5, 0.6) is 0 Å². The van der Waals surface area contributed by atoms with Gasteiger partial charge in [-0.15, -0.1) is 0 Å². The SMILES string of the molecule is CCOC(=O)c1cc(Cl)c2c(c1Cl)C(NOC)=CCS2(=O)=O. The van der Waals surface area contributed by atoms with E-state index >= 15 is 0 Å². The third kappa shape index (κ3) is 2.94. The van der Waals surface area contributed by atoms with Crippen molar-refractivity contribution in [3.63, 3.8) is 0 Å². The fourth-order valence-corrected chi connectivity index (χ4v) is 4.46. The molecule has 9 heteroatoms. The molecule has 1 aromatic carbocycles. The van der Waals surface area contributed by atoms with Gasteiger partial charge in [0.05, 0.1) is 45.7 Å². The molecular weight excluding hydrogens is 353 g/mol. The molecule has 0 saturated heterocycles. The zero-order chi connectivity index (χ0) is 16.5. The van der Waals surface area contributed by atoms with Crippen molar-refractivity contribution in [2.24, 2.45) is 0 Å². The summed E-state index contributed by atoms with van der Waals surface area (Å²) in [6.07, 6.45) is 1.40. The fourth-order valence-electron chi connectivity index (χ4n) is 2.09. The Morgan fingerprint density at radius 3 is 2.68 bits per heavy atom. The van der Waals surface area contributed by atoms with E-state index in [2.05, 4.69) is 5.48 Å². The van der Waals surface area contributed by atoms with Crippen molar-refractivity contribution < 1.29 is 22.8 Å². The van der Waals surface area contributed by atoms with Crippen molar-refractivity contribution in [1.29, 1.82) is 0 Å². The van der Waals surface area contributed by atoms with Crippen LogP contribution in [0, 0.1) is 0 Å². The van der Waals surface area contributed by atoms with E-state index < -0.39 is 15.8 Å². The monoisotopic (exact) mass is 365 g/mol. The normalized spacial score (nSPS) is 15.7. The molecule has 6 nitrogen and oxygen atoms in total. The topological polar surface area (TPSA) is 81.7 Å². The van der Waals surface area contributed by atoms with Gasteiger partial charge in [0.2, 0.25) is 0 Å². The first-order valence-corrected chi connectivity index (χ1v) is 8.65. The number of benzene rings is 1. The van der Waals surface area contributed by atoms with Gasteiger partial charge in [0, 0.05) is 5.56 Å². The number of esters is 1. The summed E-state index contributed by atoms with van der Waals surface area (Å²) < 4.78 is 29.4. The Kier molecular flexibility index (Phi) is 5.01. The molecule has 0 saturated carbocycles. The first-order chi connectivity index (χ1) is 10.3. The number of halogens is 2. The van der Waals surface area contributed by atoms with Gasteiger partial charge in [0.1, 0.15) is 0 Å². The Hall–Kier alpha value is -1.28. The van der Waals surface area contributed by atoms with E-state index in [1.165, 1.54) is 19.3 Å². The van der Waals surface area contributed by atoms with Gasteiger partial charge in [-0.25, -0.2) is 13.2 Å². The summed E-state index contributed by atoms with van der Waals surface area (Å²) in [5.74, 6) is -0.933. The van der Waals surface area contributed by atoms with Crippen molar-refractivity contribution in [3.8, 4) is 0 Å². The van der Waals surface area contributed by atoms with E-state index in [1.54, 1.807) is 6.92 Å². The number of nitrogens with one attached hydrogen (secondary N) is 1. The first kappa shape index (κ1) is 17.1. The van der Waals surface area contributed by atoms with Gasteiger partial charge in [-0.1, -0.05) is 23.2 Å². The average molecular weight is 366 g/mol. The first-order valence-electron chi connectivity index (χ1n) is 6.24. The molecule has 1 aliphatic rings. The molecule has 0 aromatic heterocycles. The number of carbonyl (C=O) groups is 1. The minimum atomic E-state index is -3.64. The molecule has 2 rings (SSSR count). The van der Waals surface area contributed by atoms with E-state index in [9.17, 15) is 13.2 Å². The van der Waals surface area contributed by atoms with Gasteiger partial charge in [-0.3, -0.25) is 10.3 Å². The Balaban J connectivity index is 2.75. The van der Waals surface area contributed by atoms with Crippen LogP contribution in [0.1, 0.15) is 22.8 Å². The largest absolute Gasteiger partial charge is 0.462 e. The fraction of sp³-hybridized carbons (Fsp3) is 0.308. The number of sulfone groups is 1. The molecule has 0 unspecified atom stereocenters. The van der Waals surface area contributed by atoms with Crippen molar-refractivity contribution in [2.45, 2.75) is 11.8 Å². The van der Waals surface area contributed by atoms with Crippen molar-refractivity contribution in [1.82, 2.24) is 5.48 Å². The highest BCUT2D eigenvalue weighted by atomic mass is 35.5. The van der Waals surface area contributed by atoms with Crippen LogP contribution in [0.25, 0.3) is 5.70 Å². The predicted octanol–water partition coefficient (Wildman–Crippen LogP) is 2.45. The Morgan fingerprint density at radius 1 is 1.41 bits per heavy atom. The van der Waals surface area contributed by atoms with E-state index in [1.807, 2.05) is 0 Å². The lowest BCUT2D eigenvalue weighted by Gasteiger charge is -2.22. The lowest BCUT2D eigenvalue weighted by Crippen LogP contribution is -2.22. The van der Waals surface area contributed by atoms with Gasteiger partial charge in [0.15, 0.2) is 9.84 Å². The lowest BCUT2D eigenvalue weighted by molar-refractivity contribution is 0.0526. The minimum absolute atomic E-state index is 0.00632. The summed E-state index contributed by atoms with van der Waals surface area (Å²) in [4.78, 5) is 16.6. The molecule has 22 heavy (non-hydrogen) atoms. The second-order valence-corrected chi connectivity index (χ2v) is 7.11. The minimum Gasteiger partial charge on any atom is -0.462 e. The van der Waals surface area contributed by atoms with E-state index in [0.717, 1.165) is 0 Å². The summed E-state index contributed by atoms with van der Waals surface area (Å²) in [7, 11) is -2.27. The third-order valence-electron chi connectivity index (χ3n) is 2.97. The zero-order valence-electron chi connectivity index (χ0n) is 11.8. The van der Waals surface area contributed by atoms with Crippen molar-refractivity contribution in [3.05, 3.63) is 33.3 Å². The molecule has 1 N–H and O–H groups in total. The van der Waals surface area contributed by atoms with Crippen LogP contribution in [0.4, 0.5) is 0 Å². The van der Waals surface area contributed by atoms with Crippen molar-refractivity contribution in [2.75, 3.05) is 19.5 Å². The lowest BCUT2D eigenvalue weighted by atomic mass is 10.1. The Morgan fingerprint density at radius 2 is 2.09 bits per heavy atom. The molecule has 0 aliphatic carbocycles. The Bertz CT molecular complexity index is 758. The van der Waals surface area contributed by atoms with Crippen LogP contribution in [0.15, 0.2) is 17.0 Å². The van der Waals surface area contributed by atoms with Gasteiger partial charge >= 0.3 is 5.97 Å². The van der Waals surface area contributed by atoms with Gasteiger partial charge in [-0.2, -0.15) is 0 Å².